The van der Waals surface area contributed by atoms with Crippen LogP contribution in [0, 0.1) is 6.92 Å². The number of hydrogen-bond acceptors (Lipinski definition) is 7. The lowest BCUT2D eigenvalue weighted by Crippen LogP contribution is -2.26. The molecule has 0 unspecified atom stereocenters. The molecule has 0 aliphatic heterocycles. The Bertz CT molecular complexity index is 1590. The Balaban J connectivity index is 1.43. The fourth-order valence-electron chi connectivity index (χ4n) is 4.14. The molecule has 2 N–H and O–H groups in total. The Morgan fingerprint density at radius 3 is 2.66 bits per heavy atom. The summed E-state index contributed by atoms with van der Waals surface area (Å²) in [6.45, 7) is 6.00. The molecule has 0 saturated carbocycles. The first-order chi connectivity index (χ1) is 18.4. The number of aromatic nitrogens is 3. The molecule has 9 nitrogen and oxygen atoms in total. The number of hydrogen-bond donors (Lipinski definition) is 2. The molecular formula is C28H28N6O3S. The summed E-state index contributed by atoms with van der Waals surface area (Å²) in [6.07, 6.45) is 1.65. The van der Waals surface area contributed by atoms with Gasteiger partial charge in [0.2, 0.25) is 5.95 Å². The second-order valence-corrected chi connectivity index (χ2v) is 9.79. The van der Waals surface area contributed by atoms with Gasteiger partial charge < -0.3 is 19.2 Å². The lowest BCUT2D eigenvalue weighted by atomic mass is 10.2. The van der Waals surface area contributed by atoms with Gasteiger partial charge in [0.15, 0.2) is 11.7 Å². The first-order valence-corrected chi connectivity index (χ1v) is 13.1. The maximum atomic E-state index is 13.2. The van der Waals surface area contributed by atoms with Crippen molar-refractivity contribution in [3.63, 3.8) is 0 Å². The molecule has 2 amide bonds. The number of benzene rings is 2. The molecule has 5 aromatic rings. The van der Waals surface area contributed by atoms with Crippen LogP contribution in [-0.2, 0) is 6.54 Å². The van der Waals surface area contributed by atoms with Crippen molar-refractivity contribution < 1.29 is 14.0 Å². The number of rotatable bonds is 9. The number of thiophene rings is 1. The monoisotopic (exact) mass is 528 g/mol. The summed E-state index contributed by atoms with van der Waals surface area (Å²) in [5, 5.41) is 6.30. The number of amides is 2. The zero-order valence-corrected chi connectivity index (χ0v) is 22.2. The molecule has 3 aromatic heterocycles. The zero-order chi connectivity index (χ0) is 26.6. The molecule has 0 atom stereocenters. The molecule has 38 heavy (non-hydrogen) atoms. The zero-order valence-electron chi connectivity index (χ0n) is 21.4. The molecule has 5 rings (SSSR count). The van der Waals surface area contributed by atoms with Crippen LogP contribution >= 0.6 is 11.3 Å². The van der Waals surface area contributed by atoms with E-state index < -0.39 is 0 Å². The van der Waals surface area contributed by atoms with Crippen LogP contribution in [-0.4, -0.2) is 46.5 Å². The lowest BCUT2D eigenvalue weighted by Gasteiger charge is -2.17. The molecule has 0 aliphatic rings. The molecular weight excluding hydrogens is 500 g/mol. The predicted octanol–water partition coefficient (Wildman–Crippen LogP) is 5.20. The van der Waals surface area contributed by atoms with E-state index in [9.17, 15) is 9.59 Å². The standard InChI is InChI=1S/C28H28N6O3S/c1-4-29-14-15-34-22-11-10-20(33(3)27(36)19-8-6-5-7-9-19)16-21(22)31-28(34)32-26(35)25-13-12-24(38-25)23-17-30-18(2)37-23/h5-13,16-17,29H,4,14-15H2,1-3H3,(H,31,32,35). The van der Waals surface area contributed by atoms with Crippen LogP contribution in [0.1, 0.15) is 32.8 Å². The first kappa shape index (κ1) is 25.4. The van der Waals surface area contributed by atoms with Crippen molar-refractivity contribution in [3.8, 4) is 10.6 Å². The van der Waals surface area contributed by atoms with E-state index in [0.29, 0.717) is 52.3 Å². The Labute approximate surface area is 224 Å². The maximum Gasteiger partial charge on any atom is 0.268 e. The number of nitrogens with zero attached hydrogens (tertiary/aromatic N) is 4. The van der Waals surface area contributed by atoms with Gasteiger partial charge in [-0.25, -0.2) is 9.97 Å². The lowest BCUT2D eigenvalue weighted by molar-refractivity contribution is 0.0991. The minimum atomic E-state index is -0.255. The number of aryl methyl sites for hydroxylation is 1. The van der Waals surface area contributed by atoms with E-state index in [0.717, 1.165) is 16.9 Å². The average Bonchev–Trinajstić information content (AvgIpc) is 3.67. The Morgan fingerprint density at radius 1 is 1.11 bits per heavy atom. The van der Waals surface area contributed by atoms with Gasteiger partial charge in [0.1, 0.15) is 0 Å². The van der Waals surface area contributed by atoms with Crippen LogP contribution in [0.4, 0.5) is 11.6 Å². The summed E-state index contributed by atoms with van der Waals surface area (Å²) < 4.78 is 7.57. The van der Waals surface area contributed by atoms with E-state index in [1.807, 2.05) is 54.0 Å². The predicted molar refractivity (Wildman–Crippen MR) is 150 cm³/mol. The van der Waals surface area contributed by atoms with Crippen LogP contribution in [0.25, 0.3) is 21.7 Å². The molecule has 194 valence electrons. The van der Waals surface area contributed by atoms with Gasteiger partial charge in [-0.15, -0.1) is 11.3 Å². The highest BCUT2D eigenvalue weighted by Crippen LogP contribution is 2.30. The van der Waals surface area contributed by atoms with Gasteiger partial charge in [-0.2, -0.15) is 0 Å². The molecule has 0 radical (unpaired) electrons. The van der Waals surface area contributed by atoms with Crippen molar-refractivity contribution in [2.75, 3.05) is 30.4 Å². The molecule has 0 bridgehead atoms. The summed E-state index contributed by atoms with van der Waals surface area (Å²) in [5.41, 5.74) is 2.87. The number of imidazole rings is 1. The van der Waals surface area contributed by atoms with E-state index in [-0.39, 0.29) is 11.8 Å². The minimum Gasteiger partial charge on any atom is -0.440 e. The molecule has 0 saturated heterocycles. The van der Waals surface area contributed by atoms with Gasteiger partial charge in [0.25, 0.3) is 11.8 Å². The average molecular weight is 529 g/mol. The summed E-state index contributed by atoms with van der Waals surface area (Å²) in [4.78, 5) is 38.0. The van der Waals surface area contributed by atoms with Gasteiger partial charge in [0, 0.05) is 38.3 Å². The highest BCUT2D eigenvalue weighted by atomic mass is 32.1. The number of carbonyl (C=O) groups is 2. The fourth-order valence-corrected chi connectivity index (χ4v) is 4.99. The molecule has 0 aliphatic carbocycles. The van der Waals surface area contributed by atoms with Crippen LogP contribution in [0.2, 0.25) is 0 Å². The summed E-state index contributed by atoms with van der Waals surface area (Å²) in [7, 11) is 1.74. The van der Waals surface area contributed by atoms with Gasteiger partial charge in [-0.3, -0.25) is 14.9 Å². The van der Waals surface area contributed by atoms with Gasteiger partial charge >= 0.3 is 0 Å². The van der Waals surface area contributed by atoms with Gasteiger partial charge in [0.05, 0.1) is 27.0 Å². The van der Waals surface area contributed by atoms with Crippen molar-refractivity contribution >= 4 is 45.8 Å². The normalized spacial score (nSPS) is 11.1. The summed E-state index contributed by atoms with van der Waals surface area (Å²) in [5.74, 6) is 1.28. The van der Waals surface area contributed by atoms with Crippen LogP contribution < -0.4 is 15.5 Å². The summed E-state index contributed by atoms with van der Waals surface area (Å²) >= 11 is 1.33. The van der Waals surface area contributed by atoms with Gasteiger partial charge in [-0.1, -0.05) is 25.1 Å². The second-order valence-electron chi connectivity index (χ2n) is 8.71. The highest BCUT2D eigenvalue weighted by molar-refractivity contribution is 7.17. The van der Waals surface area contributed by atoms with Crippen LogP contribution in [0.5, 0.6) is 0 Å². The molecule has 0 spiro atoms. The number of oxazole rings is 1. The fraction of sp³-hybridized carbons (Fsp3) is 0.214. The quantitative estimate of drug-likeness (QED) is 0.255. The number of fused-ring (bicyclic) bond motifs is 1. The highest BCUT2D eigenvalue weighted by Gasteiger charge is 2.19. The number of nitrogens with one attached hydrogen (secondary N) is 2. The number of carbonyl (C=O) groups excluding carboxylic acids is 2. The maximum absolute atomic E-state index is 13.2. The molecule has 0 fully saturated rings. The molecule has 10 heteroatoms. The second kappa shape index (κ2) is 11.0. The Hall–Kier alpha value is -4.28. The largest absolute Gasteiger partial charge is 0.440 e. The Morgan fingerprint density at radius 2 is 1.92 bits per heavy atom. The minimum absolute atomic E-state index is 0.111. The van der Waals surface area contributed by atoms with Crippen molar-refractivity contribution in [1.29, 1.82) is 0 Å². The molecule has 3 heterocycles. The van der Waals surface area contributed by atoms with Crippen molar-refractivity contribution in [1.82, 2.24) is 19.9 Å². The SMILES string of the molecule is CCNCCn1c(NC(=O)c2ccc(-c3cnc(C)o3)s2)nc2cc(N(C)C(=O)c3ccccc3)ccc21. The number of anilines is 2. The van der Waals surface area contributed by atoms with E-state index in [1.165, 1.54) is 11.3 Å². The van der Waals surface area contributed by atoms with E-state index in [4.69, 9.17) is 9.40 Å². The third-order valence-corrected chi connectivity index (χ3v) is 7.22. The van der Waals surface area contributed by atoms with Crippen molar-refractivity contribution in [3.05, 3.63) is 83.2 Å². The third kappa shape index (κ3) is 5.22. The van der Waals surface area contributed by atoms with E-state index in [2.05, 4.69) is 15.6 Å². The van der Waals surface area contributed by atoms with Crippen LogP contribution in [0.3, 0.4) is 0 Å². The smallest absolute Gasteiger partial charge is 0.268 e. The van der Waals surface area contributed by atoms with Crippen LogP contribution in [0.15, 0.2) is 71.3 Å². The summed E-state index contributed by atoms with van der Waals surface area (Å²) in [6, 6.07) is 18.5. The van der Waals surface area contributed by atoms with Gasteiger partial charge in [-0.05, 0) is 49.0 Å². The third-order valence-electron chi connectivity index (χ3n) is 6.13. The topological polar surface area (TPSA) is 105 Å². The van der Waals surface area contributed by atoms with E-state index in [1.54, 1.807) is 43.3 Å². The van der Waals surface area contributed by atoms with E-state index >= 15 is 0 Å². The molecule has 2 aromatic carbocycles. The van der Waals surface area contributed by atoms with Crippen molar-refractivity contribution in [2.24, 2.45) is 0 Å². The first-order valence-electron chi connectivity index (χ1n) is 12.3. The number of likely N-dealkylation sites (N-methyl/N-ethyl adjacent to an activating group) is 1. The van der Waals surface area contributed by atoms with Crippen molar-refractivity contribution in [2.45, 2.75) is 20.4 Å². The Kier molecular flexibility index (Phi) is 7.34.